The molecule has 0 bridgehead atoms. The maximum absolute atomic E-state index is 12.5. The smallest absolute Gasteiger partial charge is 0.322 e. The molecule has 0 spiro atoms. The highest BCUT2D eigenvalue weighted by Gasteiger charge is 2.29. The lowest BCUT2D eigenvalue weighted by molar-refractivity contribution is -0.138. The van der Waals surface area contributed by atoms with E-state index in [4.69, 9.17) is 5.11 Å². The first-order valence-electron chi connectivity index (χ1n) is 8.69. The van der Waals surface area contributed by atoms with Gasteiger partial charge in [0.15, 0.2) is 0 Å². The molecular formula is C16H28N4O5S. The van der Waals surface area contributed by atoms with Gasteiger partial charge in [0.1, 0.15) is 18.6 Å². The monoisotopic (exact) mass is 388 g/mol. The summed E-state index contributed by atoms with van der Waals surface area (Å²) in [6.07, 6.45) is 1.95. The minimum absolute atomic E-state index is 0.0788. The van der Waals surface area contributed by atoms with Gasteiger partial charge in [-0.15, -0.1) is 0 Å². The van der Waals surface area contributed by atoms with Gasteiger partial charge < -0.3 is 26.4 Å². The highest BCUT2D eigenvalue weighted by molar-refractivity contribution is 7.80. The van der Waals surface area contributed by atoms with Crippen LogP contribution in [0.5, 0.6) is 0 Å². The number of amides is 3. The molecule has 1 fully saturated rings. The molecule has 3 amide bonds. The fourth-order valence-electron chi connectivity index (χ4n) is 2.64. The summed E-state index contributed by atoms with van der Waals surface area (Å²) in [4.78, 5) is 47.4. The van der Waals surface area contributed by atoms with Gasteiger partial charge in [-0.1, -0.05) is 13.8 Å². The second-order valence-electron chi connectivity index (χ2n) is 6.69. The summed E-state index contributed by atoms with van der Waals surface area (Å²) in [5.41, 5.74) is 0. The lowest BCUT2D eigenvalue weighted by Gasteiger charge is -2.24. The molecule has 0 aromatic heterocycles. The van der Waals surface area contributed by atoms with Crippen LogP contribution in [-0.2, 0) is 19.2 Å². The van der Waals surface area contributed by atoms with Crippen molar-refractivity contribution in [3.63, 3.8) is 0 Å². The molecule has 3 atom stereocenters. The van der Waals surface area contributed by atoms with Crippen LogP contribution in [-0.4, -0.2) is 65.8 Å². The molecule has 5 N–H and O–H groups in total. The third-order valence-electron chi connectivity index (χ3n) is 3.95. The summed E-state index contributed by atoms with van der Waals surface area (Å²) in [5.74, 6) is -2.36. The zero-order valence-electron chi connectivity index (χ0n) is 15.1. The molecule has 148 valence electrons. The van der Waals surface area contributed by atoms with Gasteiger partial charge in [0, 0.05) is 5.75 Å². The third kappa shape index (κ3) is 7.61. The van der Waals surface area contributed by atoms with Crippen molar-refractivity contribution in [1.29, 1.82) is 0 Å². The van der Waals surface area contributed by atoms with Crippen molar-refractivity contribution in [2.75, 3.05) is 18.8 Å². The Morgan fingerprint density at radius 1 is 1.15 bits per heavy atom. The average Bonchev–Trinajstić information content (AvgIpc) is 3.10. The highest BCUT2D eigenvalue weighted by Crippen LogP contribution is 2.07. The molecule has 1 rings (SSSR count). The zero-order chi connectivity index (χ0) is 19.7. The second kappa shape index (κ2) is 11.0. The molecule has 9 nitrogen and oxygen atoms in total. The van der Waals surface area contributed by atoms with Crippen LogP contribution in [0.4, 0.5) is 0 Å². The van der Waals surface area contributed by atoms with E-state index in [1.165, 1.54) is 0 Å². The zero-order valence-corrected chi connectivity index (χ0v) is 16.0. The molecule has 0 saturated carbocycles. The number of carboxylic acid groups (broad SMARTS) is 1. The second-order valence-corrected chi connectivity index (χ2v) is 7.06. The van der Waals surface area contributed by atoms with Crippen LogP contribution in [0, 0.1) is 5.92 Å². The predicted molar refractivity (Wildman–Crippen MR) is 98.8 cm³/mol. The van der Waals surface area contributed by atoms with Gasteiger partial charge in [0.2, 0.25) is 17.7 Å². The minimum atomic E-state index is -1.17. The number of aliphatic carboxylic acids is 1. The average molecular weight is 388 g/mol. The van der Waals surface area contributed by atoms with Crippen LogP contribution in [0.3, 0.4) is 0 Å². The number of hydrogen-bond donors (Lipinski definition) is 6. The fourth-order valence-corrected chi connectivity index (χ4v) is 2.89. The SMILES string of the molecule is CC(C)CC(NC(=O)C(CS)NC(=O)C1CCCN1)C(=O)NCC(=O)O. The number of rotatable bonds is 10. The first-order valence-corrected chi connectivity index (χ1v) is 9.32. The van der Waals surface area contributed by atoms with E-state index >= 15 is 0 Å². The third-order valence-corrected chi connectivity index (χ3v) is 4.31. The molecule has 3 unspecified atom stereocenters. The fraction of sp³-hybridized carbons (Fsp3) is 0.750. The summed E-state index contributed by atoms with van der Waals surface area (Å²) >= 11 is 4.11. The molecule has 1 saturated heterocycles. The molecular weight excluding hydrogens is 360 g/mol. The number of carbonyl (C=O) groups is 4. The van der Waals surface area contributed by atoms with Crippen LogP contribution >= 0.6 is 12.6 Å². The van der Waals surface area contributed by atoms with E-state index in [1.807, 2.05) is 13.8 Å². The molecule has 1 aliphatic rings. The van der Waals surface area contributed by atoms with Crippen molar-refractivity contribution in [3.05, 3.63) is 0 Å². The van der Waals surface area contributed by atoms with Gasteiger partial charge in [-0.05, 0) is 31.7 Å². The first-order chi connectivity index (χ1) is 12.2. The minimum Gasteiger partial charge on any atom is -0.480 e. The maximum atomic E-state index is 12.5. The lowest BCUT2D eigenvalue weighted by Crippen LogP contribution is -2.56. The van der Waals surface area contributed by atoms with Gasteiger partial charge in [-0.2, -0.15) is 12.6 Å². The molecule has 0 aliphatic carbocycles. The van der Waals surface area contributed by atoms with E-state index in [0.29, 0.717) is 12.8 Å². The number of carbonyl (C=O) groups excluding carboxylic acids is 3. The van der Waals surface area contributed by atoms with Gasteiger partial charge in [-0.25, -0.2) is 0 Å². The van der Waals surface area contributed by atoms with Crippen LogP contribution in [0.15, 0.2) is 0 Å². The molecule has 0 radical (unpaired) electrons. The summed E-state index contributed by atoms with van der Waals surface area (Å²) < 4.78 is 0. The van der Waals surface area contributed by atoms with Gasteiger partial charge in [0.25, 0.3) is 0 Å². The lowest BCUT2D eigenvalue weighted by atomic mass is 10.0. The van der Waals surface area contributed by atoms with Gasteiger partial charge >= 0.3 is 5.97 Å². The summed E-state index contributed by atoms with van der Waals surface area (Å²) in [6, 6.07) is -2.09. The van der Waals surface area contributed by atoms with Gasteiger partial charge in [-0.3, -0.25) is 19.2 Å². The van der Waals surface area contributed by atoms with E-state index in [9.17, 15) is 19.2 Å². The Morgan fingerprint density at radius 2 is 1.85 bits per heavy atom. The summed E-state index contributed by atoms with van der Waals surface area (Å²) in [6.45, 7) is 4.00. The van der Waals surface area contributed by atoms with Crippen molar-refractivity contribution < 1.29 is 24.3 Å². The Bertz CT molecular complexity index is 523. The van der Waals surface area contributed by atoms with Crippen molar-refractivity contribution in [3.8, 4) is 0 Å². The van der Waals surface area contributed by atoms with Crippen molar-refractivity contribution >= 4 is 36.3 Å². The Hall–Kier alpha value is -1.81. The van der Waals surface area contributed by atoms with Crippen molar-refractivity contribution in [2.45, 2.75) is 51.2 Å². The summed E-state index contributed by atoms with van der Waals surface area (Å²) in [7, 11) is 0. The Labute approximate surface area is 158 Å². The number of carboxylic acids is 1. The van der Waals surface area contributed by atoms with E-state index in [2.05, 4.69) is 33.9 Å². The number of thiol groups is 1. The molecule has 26 heavy (non-hydrogen) atoms. The standard InChI is InChI=1S/C16H28N4O5S/c1-9(2)6-11(14(23)18-7-13(21)22)19-16(25)12(8-26)20-15(24)10-4-3-5-17-10/h9-12,17,26H,3-8H2,1-2H3,(H,18,23)(H,19,25)(H,20,24)(H,21,22). The van der Waals surface area contributed by atoms with Crippen molar-refractivity contribution in [2.24, 2.45) is 5.92 Å². The maximum Gasteiger partial charge on any atom is 0.322 e. The normalized spacial score (nSPS) is 18.8. The number of hydrogen-bond acceptors (Lipinski definition) is 6. The molecule has 0 aromatic carbocycles. The van der Waals surface area contributed by atoms with Crippen LogP contribution in [0.1, 0.15) is 33.1 Å². The van der Waals surface area contributed by atoms with E-state index < -0.39 is 36.4 Å². The molecule has 0 aromatic rings. The van der Waals surface area contributed by atoms with Crippen LogP contribution in [0.25, 0.3) is 0 Å². The topological polar surface area (TPSA) is 137 Å². The summed E-state index contributed by atoms with van der Waals surface area (Å²) in [5, 5.41) is 19.2. The van der Waals surface area contributed by atoms with Crippen LogP contribution in [0.2, 0.25) is 0 Å². The Morgan fingerprint density at radius 3 is 2.35 bits per heavy atom. The number of nitrogens with one attached hydrogen (secondary N) is 4. The van der Waals surface area contributed by atoms with Gasteiger partial charge in [0.05, 0.1) is 6.04 Å². The molecule has 1 heterocycles. The van der Waals surface area contributed by atoms with Crippen LogP contribution < -0.4 is 21.3 Å². The van der Waals surface area contributed by atoms with E-state index in [0.717, 1.165) is 13.0 Å². The quantitative estimate of drug-likeness (QED) is 0.263. The molecule has 10 heteroatoms. The van der Waals surface area contributed by atoms with Crippen molar-refractivity contribution in [1.82, 2.24) is 21.3 Å². The highest BCUT2D eigenvalue weighted by atomic mass is 32.1. The Kier molecular flexibility index (Phi) is 9.42. The van der Waals surface area contributed by atoms with E-state index in [1.54, 1.807) is 0 Å². The molecule has 1 aliphatic heterocycles. The largest absolute Gasteiger partial charge is 0.480 e. The Balaban J connectivity index is 2.67. The first kappa shape index (κ1) is 22.2. The predicted octanol–water partition coefficient (Wildman–Crippen LogP) is -1.12. The van der Waals surface area contributed by atoms with E-state index in [-0.39, 0.29) is 23.6 Å².